The largest absolute Gasteiger partial charge is 0.206 e. The Morgan fingerprint density at radius 3 is 2.00 bits per heavy atom. The van der Waals surface area contributed by atoms with Gasteiger partial charge in [0, 0.05) is 16.1 Å². The average Bonchev–Trinajstić information content (AvgIpc) is 2.61. The van der Waals surface area contributed by atoms with Crippen LogP contribution in [0.2, 0.25) is 5.02 Å². The van der Waals surface area contributed by atoms with E-state index in [1.165, 1.54) is 6.07 Å². The molecular formula is C22H19ClF2. The molecule has 0 atom stereocenters. The zero-order valence-electron chi connectivity index (χ0n) is 14.0. The van der Waals surface area contributed by atoms with Crippen molar-refractivity contribution in [1.29, 1.82) is 0 Å². The van der Waals surface area contributed by atoms with Crippen LogP contribution in [0.15, 0.2) is 60.7 Å². The molecule has 0 spiro atoms. The molecule has 0 nitrogen and oxygen atoms in total. The van der Waals surface area contributed by atoms with Crippen LogP contribution < -0.4 is 0 Å². The molecule has 0 N–H and O–H groups in total. The lowest BCUT2D eigenvalue weighted by atomic mass is 9.97. The fourth-order valence-corrected chi connectivity index (χ4v) is 3.00. The molecule has 0 aliphatic heterocycles. The van der Waals surface area contributed by atoms with E-state index in [0.29, 0.717) is 21.7 Å². The summed E-state index contributed by atoms with van der Waals surface area (Å²) in [5.41, 5.74) is 3.14. The molecule has 0 saturated heterocycles. The van der Waals surface area contributed by atoms with Gasteiger partial charge in [-0.1, -0.05) is 61.3 Å². The zero-order chi connectivity index (χ0) is 17.8. The van der Waals surface area contributed by atoms with Gasteiger partial charge in [0.25, 0.3) is 0 Å². The Morgan fingerprint density at radius 1 is 0.760 bits per heavy atom. The highest BCUT2D eigenvalue weighted by atomic mass is 35.5. The third-order valence-electron chi connectivity index (χ3n) is 4.29. The molecule has 3 aromatic rings. The van der Waals surface area contributed by atoms with Gasteiger partial charge in [0.05, 0.1) is 0 Å². The molecule has 0 aliphatic carbocycles. The van der Waals surface area contributed by atoms with Crippen molar-refractivity contribution >= 4 is 11.6 Å². The van der Waals surface area contributed by atoms with Crippen LogP contribution >= 0.6 is 11.6 Å². The summed E-state index contributed by atoms with van der Waals surface area (Å²) in [5, 5.41) is 0.603. The Kier molecular flexibility index (Phi) is 5.50. The van der Waals surface area contributed by atoms with Crippen molar-refractivity contribution in [1.82, 2.24) is 0 Å². The van der Waals surface area contributed by atoms with Crippen molar-refractivity contribution in [2.45, 2.75) is 26.2 Å². The molecule has 3 rings (SSSR count). The Labute approximate surface area is 152 Å². The molecule has 0 fully saturated rings. The summed E-state index contributed by atoms with van der Waals surface area (Å²) in [6, 6.07) is 17.0. The van der Waals surface area contributed by atoms with Gasteiger partial charge in [0.15, 0.2) is 0 Å². The van der Waals surface area contributed by atoms with Crippen molar-refractivity contribution < 1.29 is 8.78 Å². The molecule has 0 aliphatic rings. The van der Waals surface area contributed by atoms with Crippen LogP contribution in [-0.2, 0) is 6.42 Å². The van der Waals surface area contributed by atoms with Gasteiger partial charge in [0.2, 0.25) is 0 Å². The molecule has 0 amide bonds. The Hall–Kier alpha value is -2.19. The molecule has 0 heterocycles. The van der Waals surface area contributed by atoms with Gasteiger partial charge in [-0.25, -0.2) is 8.78 Å². The average molecular weight is 357 g/mol. The smallest absolute Gasteiger partial charge is 0.131 e. The highest BCUT2D eigenvalue weighted by molar-refractivity contribution is 6.30. The number of rotatable bonds is 5. The van der Waals surface area contributed by atoms with E-state index in [4.69, 9.17) is 11.6 Å². The maximum atomic E-state index is 14.5. The van der Waals surface area contributed by atoms with Crippen LogP contribution in [0.3, 0.4) is 0 Å². The Morgan fingerprint density at radius 2 is 1.36 bits per heavy atom. The number of benzene rings is 3. The molecule has 3 aromatic carbocycles. The summed E-state index contributed by atoms with van der Waals surface area (Å²) < 4.78 is 29.0. The number of hydrogen-bond donors (Lipinski definition) is 0. The molecule has 0 aromatic heterocycles. The summed E-state index contributed by atoms with van der Waals surface area (Å²) in [4.78, 5) is 0. The minimum absolute atomic E-state index is 0.313. The topological polar surface area (TPSA) is 0 Å². The van der Waals surface area contributed by atoms with Crippen LogP contribution in [0, 0.1) is 11.6 Å². The lowest BCUT2D eigenvalue weighted by Crippen LogP contribution is -1.92. The lowest BCUT2D eigenvalue weighted by molar-refractivity contribution is 0.624. The molecule has 0 radical (unpaired) electrons. The van der Waals surface area contributed by atoms with Gasteiger partial charge in [-0.15, -0.1) is 0 Å². The van der Waals surface area contributed by atoms with Gasteiger partial charge in [-0.2, -0.15) is 0 Å². The highest BCUT2D eigenvalue weighted by Gasteiger charge is 2.11. The molecule has 128 valence electrons. The van der Waals surface area contributed by atoms with E-state index in [-0.39, 0.29) is 11.6 Å². The van der Waals surface area contributed by atoms with Crippen molar-refractivity contribution in [3.63, 3.8) is 0 Å². The van der Waals surface area contributed by atoms with E-state index in [1.807, 2.05) is 6.07 Å². The summed E-state index contributed by atoms with van der Waals surface area (Å²) in [6.07, 6.45) is 2.96. The van der Waals surface area contributed by atoms with Gasteiger partial charge in [-0.05, 0) is 53.8 Å². The number of aryl methyl sites for hydroxylation is 1. The maximum Gasteiger partial charge on any atom is 0.131 e. The van der Waals surface area contributed by atoms with Crippen LogP contribution in [0.25, 0.3) is 22.3 Å². The third-order valence-corrected chi connectivity index (χ3v) is 4.54. The first kappa shape index (κ1) is 17.6. The monoisotopic (exact) mass is 356 g/mol. The Bertz CT molecular complexity index is 870. The number of hydrogen-bond acceptors (Lipinski definition) is 0. The summed E-state index contributed by atoms with van der Waals surface area (Å²) in [5.74, 6) is -0.693. The van der Waals surface area contributed by atoms with Crippen LogP contribution in [0.1, 0.15) is 25.3 Å². The zero-order valence-corrected chi connectivity index (χ0v) is 14.8. The van der Waals surface area contributed by atoms with Crippen LogP contribution in [0.4, 0.5) is 8.78 Å². The summed E-state index contributed by atoms with van der Waals surface area (Å²) in [6.45, 7) is 2.11. The minimum Gasteiger partial charge on any atom is -0.206 e. The third kappa shape index (κ3) is 4.08. The predicted molar refractivity (Wildman–Crippen MR) is 101 cm³/mol. The molecule has 25 heavy (non-hydrogen) atoms. The van der Waals surface area contributed by atoms with E-state index >= 15 is 0 Å². The van der Waals surface area contributed by atoms with Crippen molar-refractivity contribution in [3.05, 3.63) is 82.9 Å². The first-order valence-electron chi connectivity index (χ1n) is 8.43. The van der Waals surface area contributed by atoms with Crippen molar-refractivity contribution in [2.75, 3.05) is 0 Å². The fraction of sp³-hybridized carbons (Fsp3) is 0.182. The number of halogens is 3. The SMILES string of the molecule is CCCCc1ccc(-c2ccc(-c3ccc(Cl)cc3)c(F)c2)c(F)c1. The number of unbranched alkanes of at least 4 members (excludes halogenated alkanes) is 1. The fourth-order valence-electron chi connectivity index (χ4n) is 2.88. The van der Waals surface area contributed by atoms with Crippen molar-refractivity contribution in [2.24, 2.45) is 0 Å². The normalized spacial score (nSPS) is 10.9. The van der Waals surface area contributed by atoms with Crippen LogP contribution in [0.5, 0.6) is 0 Å². The second-order valence-electron chi connectivity index (χ2n) is 6.12. The highest BCUT2D eigenvalue weighted by Crippen LogP contribution is 2.30. The molecule has 0 bridgehead atoms. The van der Waals surface area contributed by atoms with Gasteiger partial charge >= 0.3 is 0 Å². The van der Waals surface area contributed by atoms with Crippen LogP contribution in [-0.4, -0.2) is 0 Å². The predicted octanol–water partition coefficient (Wildman–Crippen LogP) is 7.29. The summed E-state index contributed by atoms with van der Waals surface area (Å²) in [7, 11) is 0. The Balaban J connectivity index is 1.91. The van der Waals surface area contributed by atoms with E-state index in [0.717, 1.165) is 30.4 Å². The van der Waals surface area contributed by atoms with E-state index in [9.17, 15) is 8.78 Å². The lowest BCUT2D eigenvalue weighted by Gasteiger charge is -2.09. The van der Waals surface area contributed by atoms with E-state index in [1.54, 1.807) is 48.5 Å². The minimum atomic E-state index is -0.380. The quantitative estimate of drug-likeness (QED) is 0.450. The first-order valence-corrected chi connectivity index (χ1v) is 8.80. The molecular weight excluding hydrogens is 338 g/mol. The second-order valence-corrected chi connectivity index (χ2v) is 6.56. The van der Waals surface area contributed by atoms with Gasteiger partial charge < -0.3 is 0 Å². The van der Waals surface area contributed by atoms with Gasteiger partial charge in [0.1, 0.15) is 11.6 Å². The summed E-state index contributed by atoms with van der Waals surface area (Å²) >= 11 is 5.87. The van der Waals surface area contributed by atoms with Gasteiger partial charge in [-0.3, -0.25) is 0 Å². The molecule has 0 saturated carbocycles. The van der Waals surface area contributed by atoms with Crippen molar-refractivity contribution in [3.8, 4) is 22.3 Å². The second kappa shape index (κ2) is 7.79. The first-order chi connectivity index (χ1) is 12.1. The van der Waals surface area contributed by atoms with E-state index in [2.05, 4.69) is 6.92 Å². The standard InChI is InChI=1S/C22H19ClF2/c1-2-3-4-15-5-11-20(21(24)13-15)17-8-12-19(22(25)14-17)16-6-9-18(23)10-7-16/h5-14H,2-4H2,1H3. The van der Waals surface area contributed by atoms with E-state index < -0.39 is 0 Å². The molecule has 3 heteroatoms. The maximum absolute atomic E-state index is 14.5. The molecule has 0 unspecified atom stereocenters.